The smallest absolute Gasteiger partial charge is 0.455 e. The molecule has 4 heteroatoms. The lowest BCUT2D eigenvalue weighted by Crippen LogP contribution is -2.19. The Morgan fingerprint density at radius 2 is 2.00 bits per heavy atom. The van der Waals surface area contributed by atoms with Gasteiger partial charge in [-0.2, -0.15) is 0 Å². The van der Waals surface area contributed by atoms with Crippen LogP contribution in [0, 0.1) is 0 Å². The van der Waals surface area contributed by atoms with Crippen molar-refractivity contribution < 1.29 is 19.4 Å². The minimum atomic E-state index is -1.34. The van der Waals surface area contributed by atoms with Gasteiger partial charge in [-0.1, -0.05) is 18.2 Å². The van der Waals surface area contributed by atoms with Gasteiger partial charge in [-0.3, -0.25) is 0 Å². The highest BCUT2D eigenvalue weighted by molar-refractivity contribution is 5.56. The van der Waals surface area contributed by atoms with Crippen molar-refractivity contribution in [2.24, 2.45) is 0 Å². The van der Waals surface area contributed by atoms with Crippen molar-refractivity contribution in [2.75, 3.05) is 0 Å². The largest absolute Gasteiger partial charge is 0.508 e. The maximum atomic E-state index is 10.1. The molecule has 13 heavy (non-hydrogen) atoms. The zero-order valence-corrected chi connectivity index (χ0v) is 7.14. The summed E-state index contributed by atoms with van der Waals surface area (Å²) in [4.78, 5) is 10.1. The maximum Gasteiger partial charge on any atom is 0.508 e. The predicted molar refractivity (Wildman–Crippen MR) is 45.6 cm³/mol. The van der Waals surface area contributed by atoms with Crippen molar-refractivity contribution in [2.45, 2.75) is 13.2 Å². The topological polar surface area (TPSA) is 55.8 Å². The van der Waals surface area contributed by atoms with E-state index >= 15 is 0 Å². The van der Waals surface area contributed by atoms with Gasteiger partial charge in [0.15, 0.2) is 0 Å². The Morgan fingerprint density at radius 1 is 1.38 bits per heavy atom. The van der Waals surface area contributed by atoms with Gasteiger partial charge in [-0.15, -0.1) is 0 Å². The molecule has 1 N–H and O–H groups in total. The van der Waals surface area contributed by atoms with Crippen LogP contribution in [-0.2, 0) is 4.74 Å². The molecular formula is C9H10O4. The van der Waals surface area contributed by atoms with Crippen LogP contribution < -0.4 is 4.74 Å². The van der Waals surface area contributed by atoms with E-state index in [0.717, 1.165) is 0 Å². The van der Waals surface area contributed by atoms with Crippen LogP contribution in [0.3, 0.4) is 0 Å². The second-order valence-corrected chi connectivity index (χ2v) is 2.38. The van der Waals surface area contributed by atoms with Crippen LogP contribution in [0.4, 0.5) is 4.79 Å². The van der Waals surface area contributed by atoms with Crippen LogP contribution in [0.25, 0.3) is 0 Å². The molecule has 0 bridgehead atoms. The van der Waals surface area contributed by atoms with E-state index < -0.39 is 12.4 Å². The number of hydrogen-bond donors (Lipinski definition) is 1. The molecule has 0 spiro atoms. The van der Waals surface area contributed by atoms with Crippen molar-refractivity contribution >= 4 is 6.16 Å². The summed E-state index contributed by atoms with van der Waals surface area (Å²) in [5.74, 6) is 0.580. The van der Waals surface area contributed by atoms with Crippen LogP contribution in [0.2, 0.25) is 0 Å². The number of carboxylic acid groups (broad SMARTS) is 1. The molecule has 1 aromatic carbocycles. The third-order valence-electron chi connectivity index (χ3n) is 1.31. The van der Waals surface area contributed by atoms with Crippen LogP contribution in [0.15, 0.2) is 30.3 Å². The molecule has 0 amide bonds. The van der Waals surface area contributed by atoms with Crippen LogP contribution in [0.5, 0.6) is 5.75 Å². The fourth-order valence-corrected chi connectivity index (χ4v) is 0.857. The van der Waals surface area contributed by atoms with Gasteiger partial charge in [0.25, 0.3) is 0 Å². The first kappa shape index (κ1) is 9.38. The Kier molecular flexibility index (Phi) is 3.14. The van der Waals surface area contributed by atoms with Crippen molar-refractivity contribution in [1.29, 1.82) is 0 Å². The molecule has 1 rings (SSSR count). The molecular weight excluding hydrogens is 172 g/mol. The molecule has 0 aliphatic carbocycles. The quantitative estimate of drug-likeness (QED) is 0.574. The zero-order chi connectivity index (χ0) is 9.68. The van der Waals surface area contributed by atoms with Gasteiger partial charge in [-0.25, -0.2) is 4.79 Å². The first-order chi connectivity index (χ1) is 6.18. The average molecular weight is 182 g/mol. The third-order valence-corrected chi connectivity index (χ3v) is 1.31. The molecule has 70 valence electrons. The van der Waals surface area contributed by atoms with Gasteiger partial charge in [-0.05, 0) is 12.1 Å². The Balaban J connectivity index is 2.45. The molecule has 1 atom stereocenters. The summed E-state index contributed by atoms with van der Waals surface area (Å²) in [5, 5.41) is 8.26. The molecule has 4 nitrogen and oxygen atoms in total. The molecule has 0 heterocycles. The first-order valence-electron chi connectivity index (χ1n) is 3.80. The Labute approximate surface area is 75.7 Å². The fourth-order valence-electron chi connectivity index (χ4n) is 0.857. The lowest BCUT2D eigenvalue weighted by atomic mass is 10.3. The van der Waals surface area contributed by atoms with Gasteiger partial charge in [0.1, 0.15) is 5.75 Å². The minimum Gasteiger partial charge on any atom is -0.455 e. The second kappa shape index (κ2) is 4.35. The molecule has 0 aliphatic heterocycles. The predicted octanol–water partition coefficient (Wildman–Crippen LogP) is 2.11. The lowest BCUT2D eigenvalue weighted by molar-refractivity contribution is -0.0405. The highest BCUT2D eigenvalue weighted by atomic mass is 16.8. The van der Waals surface area contributed by atoms with E-state index in [1.54, 1.807) is 24.3 Å². The van der Waals surface area contributed by atoms with Gasteiger partial charge in [0.05, 0.1) is 0 Å². The molecule has 0 radical (unpaired) electrons. The van der Waals surface area contributed by atoms with Gasteiger partial charge in [0.2, 0.25) is 6.29 Å². The summed E-state index contributed by atoms with van der Waals surface area (Å²) in [5.41, 5.74) is 0. The molecule has 0 aliphatic rings. The van der Waals surface area contributed by atoms with E-state index in [2.05, 4.69) is 4.74 Å². The molecule has 1 unspecified atom stereocenters. The Hall–Kier alpha value is -1.71. The Morgan fingerprint density at radius 3 is 2.54 bits per heavy atom. The van der Waals surface area contributed by atoms with Crippen molar-refractivity contribution in [1.82, 2.24) is 0 Å². The van der Waals surface area contributed by atoms with E-state index in [1.807, 2.05) is 6.07 Å². The summed E-state index contributed by atoms with van der Waals surface area (Å²) in [6, 6.07) is 8.88. The molecule has 0 saturated carbocycles. The number of para-hydroxylation sites is 1. The van der Waals surface area contributed by atoms with Gasteiger partial charge >= 0.3 is 6.16 Å². The second-order valence-electron chi connectivity index (χ2n) is 2.38. The summed E-state index contributed by atoms with van der Waals surface area (Å²) in [7, 11) is 0. The lowest BCUT2D eigenvalue weighted by Gasteiger charge is -2.12. The monoisotopic (exact) mass is 182 g/mol. The zero-order valence-electron chi connectivity index (χ0n) is 7.14. The van der Waals surface area contributed by atoms with E-state index in [-0.39, 0.29) is 0 Å². The van der Waals surface area contributed by atoms with Gasteiger partial charge in [0, 0.05) is 6.92 Å². The number of rotatable bonds is 3. The van der Waals surface area contributed by atoms with Crippen molar-refractivity contribution in [3.05, 3.63) is 30.3 Å². The van der Waals surface area contributed by atoms with Crippen molar-refractivity contribution in [3.63, 3.8) is 0 Å². The first-order valence-corrected chi connectivity index (χ1v) is 3.80. The molecule has 1 aromatic rings. The standard InChI is InChI=1S/C9H10O4/c1-7(13-9(10)11)12-8-5-3-2-4-6-8/h2-7H,1H3,(H,10,11). The molecule has 0 fully saturated rings. The molecule has 0 saturated heterocycles. The van der Waals surface area contributed by atoms with Gasteiger partial charge < -0.3 is 14.6 Å². The number of ether oxygens (including phenoxy) is 2. The van der Waals surface area contributed by atoms with E-state index in [0.29, 0.717) is 5.75 Å². The summed E-state index contributed by atoms with van der Waals surface area (Å²) in [6.07, 6.45) is -2.14. The third kappa shape index (κ3) is 3.46. The highest BCUT2D eigenvalue weighted by Gasteiger charge is 2.07. The summed E-state index contributed by atoms with van der Waals surface area (Å²) >= 11 is 0. The molecule has 0 aromatic heterocycles. The Bertz CT molecular complexity index is 270. The van der Waals surface area contributed by atoms with Crippen molar-refractivity contribution in [3.8, 4) is 5.75 Å². The minimum absolute atomic E-state index is 0.580. The van der Waals surface area contributed by atoms with E-state index in [4.69, 9.17) is 9.84 Å². The number of benzene rings is 1. The van der Waals surface area contributed by atoms with Crippen LogP contribution in [-0.4, -0.2) is 17.6 Å². The fraction of sp³-hybridized carbons (Fsp3) is 0.222. The normalized spacial score (nSPS) is 11.8. The van der Waals surface area contributed by atoms with E-state index in [1.165, 1.54) is 6.92 Å². The van der Waals surface area contributed by atoms with Crippen LogP contribution >= 0.6 is 0 Å². The highest BCUT2D eigenvalue weighted by Crippen LogP contribution is 2.10. The maximum absolute atomic E-state index is 10.1. The van der Waals surface area contributed by atoms with Crippen LogP contribution in [0.1, 0.15) is 6.92 Å². The SMILES string of the molecule is CC(OC(=O)O)Oc1ccccc1. The summed E-state index contributed by atoms with van der Waals surface area (Å²) < 4.78 is 9.47. The van der Waals surface area contributed by atoms with E-state index in [9.17, 15) is 4.79 Å². The summed E-state index contributed by atoms with van der Waals surface area (Å²) in [6.45, 7) is 1.52. The number of carbonyl (C=O) groups is 1. The number of hydrogen-bond acceptors (Lipinski definition) is 3. The average Bonchev–Trinajstić information content (AvgIpc) is 2.04.